The van der Waals surface area contributed by atoms with E-state index in [1.165, 1.54) is 0 Å². The first-order valence-electron chi connectivity index (χ1n) is 3.81. The number of nitrogens with one attached hydrogen (secondary N) is 3. The van der Waals surface area contributed by atoms with Gasteiger partial charge in [-0.25, -0.2) is 10.6 Å². The van der Waals surface area contributed by atoms with Gasteiger partial charge in [-0.15, -0.1) is 0 Å². The zero-order valence-electron chi connectivity index (χ0n) is 6.39. The standard InChI is InChI=1S/C6H14N4O/c7-10-6(11)9-5-1-3-8-4-2-5/h5,8H,1-4,7H2,(H2,9,10,11). The number of hydrogen-bond donors (Lipinski definition) is 4. The molecule has 0 radical (unpaired) electrons. The number of piperidine rings is 1. The second-order valence-corrected chi connectivity index (χ2v) is 2.64. The van der Waals surface area contributed by atoms with Crippen molar-refractivity contribution in [1.29, 1.82) is 0 Å². The van der Waals surface area contributed by atoms with Crippen molar-refractivity contribution in [1.82, 2.24) is 16.1 Å². The lowest BCUT2D eigenvalue weighted by molar-refractivity contribution is 0.234. The van der Waals surface area contributed by atoms with Gasteiger partial charge in [0.1, 0.15) is 0 Å². The topological polar surface area (TPSA) is 79.2 Å². The first kappa shape index (κ1) is 8.29. The Hall–Kier alpha value is -0.810. The van der Waals surface area contributed by atoms with Gasteiger partial charge in [0.05, 0.1) is 0 Å². The van der Waals surface area contributed by atoms with Crippen molar-refractivity contribution in [3.63, 3.8) is 0 Å². The second-order valence-electron chi connectivity index (χ2n) is 2.64. The van der Waals surface area contributed by atoms with Gasteiger partial charge in [-0.2, -0.15) is 0 Å². The van der Waals surface area contributed by atoms with Gasteiger partial charge >= 0.3 is 6.03 Å². The fourth-order valence-corrected chi connectivity index (χ4v) is 1.19. The number of carbonyl (C=O) groups is 1. The number of carbonyl (C=O) groups excluding carboxylic acids is 1. The van der Waals surface area contributed by atoms with Gasteiger partial charge < -0.3 is 10.6 Å². The minimum absolute atomic E-state index is 0.278. The Bertz CT molecular complexity index is 133. The third-order valence-corrected chi connectivity index (χ3v) is 1.81. The lowest BCUT2D eigenvalue weighted by Crippen LogP contribution is -2.48. The summed E-state index contributed by atoms with van der Waals surface area (Å²) in [6.45, 7) is 1.94. The third kappa shape index (κ3) is 2.73. The Balaban J connectivity index is 2.19. The van der Waals surface area contributed by atoms with E-state index >= 15 is 0 Å². The summed E-state index contributed by atoms with van der Waals surface area (Å²) in [7, 11) is 0. The van der Waals surface area contributed by atoms with Crippen LogP contribution in [0.4, 0.5) is 4.79 Å². The van der Waals surface area contributed by atoms with Gasteiger partial charge in [-0.1, -0.05) is 0 Å². The minimum atomic E-state index is -0.295. The molecule has 64 valence electrons. The van der Waals surface area contributed by atoms with Crippen molar-refractivity contribution in [3.8, 4) is 0 Å². The van der Waals surface area contributed by atoms with Crippen molar-refractivity contribution < 1.29 is 4.79 Å². The molecular weight excluding hydrogens is 144 g/mol. The largest absolute Gasteiger partial charge is 0.334 e. The quantitative estimate of drug-likeness (QED) is 0.222. The molecule has 0 unspecified atom stereocenters. The SMILES string of the molecule is NNC(=O)NC1CCNCC1. The Labute approximate surface area is 65.7 Å². The predicted molar refractivity (Wildman–Crippen MR) is 41.7 cm³/mol. The highest BCUT2D eigenvalue weighted by atomic mass is 16.2. The molecule has 11 heavy (non-hydrogen) atoms. The van der Waals surface area contributed by atoms with Gasteiger partial charge in [0.25, 0.3) is 0 Å². The summed E-state index contributed by atoms with van der Waals surface area (Å²) in [6, 6.07) is -0.0169. The summed E-state index contributed by atoms with van der Waals surface area (Å²) in [5.74, 6) is 4.91. The number of hydrogen-bond acceptors (Lipinski definition) is 3. The van der Waals surface area contributed by atoms with E-state index in [2.05, 4.69) is 10.6 Å². The lowest BCUT2D eigenvalue weighted by atomic mass is 10.1. The normalized spacial score (nSPS) is 19.4. The van der Waals surface area contributed by atoms with Crippen LogP contribution in [0.25, 0.3) is 0 Å². The van der Waals surface area contributed by atoms with Crippen LogP contribution in [-0.4, -0.2) is 25.2 Å². The summed E-state index contributed by atoms with van der Waals surface area (Å²) in [4.78, 5) is 10.7. The molecule has 0 aromatic rings. The van der Waals surface area contributed by atoms with Crippen LogP contribution in [0.1, 0.15) is 12.8 Å². The van der Waals surface area contributed by atoms with Crippen molar-refractivity contribution in [2.24, 2.45) is 5.84 Å². The van der Waals surface area contributed by atoms with Gasteiger partial charge in [0, 0.05) is 6.04 Å². The van der Waals surface area contributed by atoms with E-state index in [4.69, 9.17) is 5.84 Å². The monoisotopic (exact) mass is 158 g/mol. The highest BCUT2D eigenvalue weighted by Gasteiger charge is 2.13. The van der Waals surface area contributed by atoms with Crippen LogP contribution >= 0.6 is 0 Å². The maximum Gasteiger partial charge on any atom is 0.329 e. The van der Waals surface area contributed by atoms with Crippen molar-refractivity contribution in [2.45, 2.75) is 18.9 Å². The van der Waals surface area contributed by atoms with Crippen LogP contribution in [0.15, 0.2) is 0 Å². The third-order valence-electron chi connectivity index (χ3n) is 1.81. The summed E-state index contributed by atoms with van der Waals surface area (Å²) < 4.78 is 0. The highest BCUT2D eigenvalue weighted by molar-refractivity contribution is 5.73. The highest BCUT2D eigenvalue weighted by Crippen LogP contribution is 2.00. The fraction of sp³-hybridized carbons (Fsp3) is 0.833. The number of urea groups is 1. The molecule has 1 heterocycles. The molecule has 0 spiro atoms. The second kappa shape index (κ2) is 4.15. The van der Waals surface area contributed by atoms with E-state index in [-0.39, 0.29) is 12.1 Å². The average molecular weight is 158 g/mol. The molecule has 5 heteroatoms. The number of hydrazine groups is 1. The molecule has 0 atom stereocenters. The van der Waals surface area contributed by atoms with Crippen molar-refractivity contribution in [3.05, 3.63) is 0 Å². The van der Waals surface area contributed by atoms with Crippen LogP contribution in [-0.2, 0) is 0 Å². The maximum absolute atomic E-state index is 10.7. The molecule has 1 aliphatic heterocycles. The van der Waals surface area contributed by atoms with E-state index in [0.717, 1.165) is 25.9 Å². The summed E-state index contributed by atoms with van der Waals surface area (Å²) in [5, 5.41) is 5.96. The smallest absolute Gasteiger partial charge is 0.329 e. The van der Waals surface area contributed by atoms with Gasteiger partial charge in [0.2, 0.25) is 0 Å². The van der Waals surface area contributed by atoms with Crippen LogP contribution in [0.3, 0.4) is 0 Å². The van der Waals surface area contributed by atoms with E-state index < -0.39 is 0 Å². The average Bonchev–Trinajstić information content (AvgIpc) is 2.06. The zero-order chi connectivity index (χ0) is 8.10. The number of rotatable bonds is 1. The van der Waals surface area contributed by atoms with Crippen molar-refractivity contribution >= 4 is 6.03 Å². The van der Waals surface area contributed by atoms with E-state index in [0.29, 0.717) is 0 Å². The van der Waals surface area contributed by atoms with Crippen LogP contribution in [0.5, 0.6) is 0 Å². The first-order chi connectivity index (χ1) is 5.33. The molecule has 5 nitrogen and oxygen atoms in total. The van der Waals surface area contributed by atoms with Crippen LogP contribution < -0.4 is 21.9 Å². The van der Waals surface area contributed by atoms with Gasteiger partial charge in [-0.3, -0.25) is 5.43 Å². The molecular formula is C6H14N4O. The Kier molecular flexibility index (Phi) is 3.13. The molecule has 1 aliphatic rings. The van der Waals surface area contributed by atoms with Crippen LogP contribution in [0, 0.1) is 0 Å². The van der Waals surface area contributed by atoms with Crippen LogP contribution in [0.2, 0.25) is 0 Å². The molecule has 1 rings (SSSR count). The molecule has 1 fully saturated rings. The zero-order valence-corrected chi connectivity index (χ0v) is 6.39. The first-order valence-corrected chi connectivity index (χ1v) is 3.81. The molecule has 0 aliphatic carbocycles. The summed E-state index contributed by atoms with van der Waals surface area (Å²) in [5.41, 5.74) is 2.04. The van der Waals surface area contributed by atoms with E-state index in [1.54, 1.807) is 0 Å². The molecule has 0 saturated carbocycles. The van der Waals surface area contributed by atoms with E-state index in [1.807, 2.05) is 5.43 Å². The minimum Gasteiger partial charge on any atom is -0.334 e. The number of nitrogens with two attached hydrogens (primary N) is 1. The Morgan fingerprint density at radius 2 is 2.09 bits per heavy atom. The number of amides is 2. The predicted octanol–water partition coefficient (Wildman–Crippen LogP) is -1.09. The maximum atomic E-state index is 10.7. The van der Waals surface area contributed by atoms with Gasteiger partial charge in [0.15, 0.2) is 0 Å². The fourth-order valence-electron chi connectivity index (χ4n) is 1.19. The summed E-state index contributed by atoms with van der Waals surface area (Å²) in [6.07, 6.45) is 1.96. The molecule has 0 aromatic heterocycles. The molecule has 0 bridgehead atoms. The van der Waals surface area contributed by atoms with Gasteiger partial charge in [-0.05, 0) is 25.9 Å². The summed E-state index contributed by atoms with van der Waals surface area (Å²) >= 11 is 0. The molecule has 2 amide bonds. The Morgan fingerprint density at radius 3 is 2.64 bits per heavy atom. The van der Waals surface area contributed by atoms with Crippen molar-refractivity contribution in [2.75, 3.05) is 13.1 Å². The van der Waals surface area contributed by atoms with E-state index in [9.17, 15) is 4.79 Å². The molecule has 1 saturated heterocycles. The molecule has 0 aromatic carbocycles. The Morgan fingerprint density at radius 1 is 1.45 bits per heavy atom. The lowest BCUT2D eigenvalue weighted by Gasteiger charge is -2.23. The molecule has 5 N–H and O–H groups in total.